The van der Waals surface area contributed by atoms with Gasteiger partial charge in [-0.3, -0.25) is 24.3 Å². The van der Waals surface area contributed by atoms with Gasteiger partial charge in [0.15, 0.2) is 11.5 Å². The van der Waals surface area contributed by atoms with E-state index in [4.69, 9.17) is 14.2 Å². The molecule has 4 heterocycles. The van der Waals surface area contributed by atoms with Gasteiger partial charge in [-0.15, -0.1) is 0 Å². The van der Waals surface area contributed by atoms with E-state index in [0.29, 0.717) is 56.1 Å². The molecule has 1 aromatic carbocycles. The maximum Gasteiger partial charge on any atom is 0.308 e. The molecule has 0 saturated carbocycles. The van der Waals surface area contributed by atoms with Crippen LogP contribution in [0.5, 0.6) is 17.2 Å². The molecule has 0 radical (unpaired) electrons. The number of anilines is 1. The molecule has 226 valence electrons. The minimum absolute atomic E-state index is 0.0720. The number of unbranched alkanes of at least 4 members (excludes halogenated alkanes) is 1. The highest BCUT2D eigenvalue weighted by atomic mass is 16.7. The van der Waals surface area contributed by atoms with Crippen LogP contribution in [0.1, 0.15) is 56.9 Å². The Kier molecular flexibility index (Phi) is 9.46. The number of hydrogen-bond acceptors (Lipinski definition) is 8. The average Bonchev–Trinajstić information content (AvgIpc) is 3.72. The maximum absolute atomic E-state index is 13.9. The van der Waals surface area contributed by atoms with Gasteiger partial charge in [0.05, 0.1) is 31.5 Å². The van der Waals surface area contributed by atoms with Gasteiger partial charge >= 0.3 is 5.97 Å². The van der Waals surface area contributed by atoms with Crippen molar-refractivity contribution in [2.75, 3.05) is 51.5 Å². The molecule has 42 heavy (non-hydrogen) atoms. The molecule has 11 nitrogen and oxygen atoms in total. The third kappa shape index (κ3) is 6.30. The molecule has 0 aliphatic carbocycles. The summed E-state index contributed by atoms with van der Waals surface area (Å²) in [4.78, 5) is 48.8. The van der Waals surface area contributed by atoms with Crippen LogP contribution < -0.4 is 19.1 Å². The van der Waals surface area contributed by atoms with Crippen molar-refractivity contribution in [1.82, 2.24) is 14.8 Å². The molecule has 3 atom stereocenters. The van der Waals surface area contributed by atoms with E-state index in [0.717, 1.165) is 37.1 Å². The second-order valence-corrected chi connectivity index (χ2v) is 11.2. The Morgan fingerprint density at radius 3 is 2.79 bits per heavy atom. The lowest BCUT2D eigenvalue weighted by atomic mass is 9.83. The molecular formula is C31H40N4O7. The molecule has 0 bridgehead atoms. The van der Waals surface area contributed by atoms with Crippen LogP contribution in [0.3, 0.4) is 0 Å². The Balaban J connectivity index is 1.43. The van der Waals surface area contributed by atoms with Gasteiger partial charge in [-0.2, -0.15) is 0 Å². The third-order valence-corrected chi connectivity index (χ3v) is 8.57. The molecule has 0 spiro atoms. The van der Waals surface area contributed by atoms with E-state index in [1.54, 1.807) is 24.4 Å². The molecular weight excluding hydrogens is 540 g/mol. The predicted octanol–water partition coefficient (Wildman–Crippen LogP) is 3.52. The number of carboxylic acid groups (broad SMARTS) is 1. The molecule has 1 aromatic heterocycles. The zero-order chi connectivity index (χ0) is 29.6. The predicted molar refractivity (Wildman–Crippen MR) is 155 cm³/mol. The Morgan fingerprint density at radius 1 is 1.24 bits per heavy atom. The summed E-state index contributed by atoms with van der Waals surface area (Å²) in [7, 11) is 1.54. The van der Waals surface area contributed by atoms with Crippen LogP contribution in [0.4, 0.5) is 5.69 Å². The van der Waals surface area contributed by atoms with Crippen molar-refractivity contribution in [1.29, 1.82) is 0 Å². The first kappa shape index (κ1) is 29.6. The van der Waals surface area contributed by atoms with Gasteiger partial charge in [0, 0.05) is 50.8 Å². The van der Waals surface area contributed by atoms with E-state index in [1.807, 2.05) is 34.1 Å². The SMILES string of the molecule is CCCCN(C(=O)CN1CC(c2cc(OC)c3c(c2)OCO3)C(C(=O)O)C1CCCN1CCCC1=O)c1cccnc1. The Hall–Kier alpha value is -3.86. The van der Waals surface area contributed by atoms with Gasteiger partial charge < -0.3 is 29.1 Å². The van der Waals surface area contributed by atoms with Crippen molar-refractivity contribution in [3.05, 3.63) is 42.2 Å². The molecule has 2 fully saturated rings. The van der Waals surface area contributed by atoms with Crippen molar-refractivity contribution in [3.63, 3.8) is 0 Å². The highest BCUT2D eigenvalue weighted by molar-refractivity contribution is 5.94. The molecule has 2 amide bonds. The summed E-state index contributed by atoms with van der Waals surface area (Å²) in [6.45, 7) is 4.50. The molecule has 3 unspecified atom stereocenters. The molecule has 11 heteroatoms. The number of aromatic nitrogens is 1. The molecule has 5 rings (SSSR count). The van der Waals surface area contributed by atoms with Crippen LogP contribution in [0.2, 0.25) is 0 Å². The lowest BCUT2D eigenvalue weighted by Crippen LogP contribution is -2.44. The number of benzene rings is 1. The fraction of sp³-hybridized carbons (Fsp3) is 0.548. The van der Waals surface area contributed by atoms with E-state index in [-0.39, 0.29) is 25.2 Å². The topological polar surface area (TPSA) is 122 Å². The smallest absolute Gasteiger partial charge is 0.308 e. The van der Waals surface area contributed by atoms with Crippen LogP contribution in [0, 0.1) is 5.92 Å². The zero-order valence-corrected chi connectivity index (χ0v) is 24.4. The number of nitrogens with zero attached hydrogens (tertiary/aromatic N) is 4. The second kappa shape index (κ2) is 13.4. The van der Waals surface area contributed by atoms with Gasteiger partial charge in [-0.05, 0) is 55.5 Å². The van der Waals surface area contributed by atoms with Gasteiger partial charge in [-0.25, -0.2) is 0 Å². The first-order chi connectivity index (χ1) is 20.4. The van der Waals surface area contributed by atoms with E-state index in [2.05, 4.69) is 11.9 Å². The number of carbonyl (C=O) groups is 3. The summed E-state index contributed by atoms with van der Waals surface area (Å²) in [6, 6.07) is 6.94. The van der Waals surface area contributed by atoms with Crippen molar-refractivity contribution in [3.8, 4) is 17.2 Å². The zero-order valence-electron chi connectivity index (χ0n) is 24.4. The average molecular weight is 581 g/mol. The van der Waals surface area contributed by atoms with Gasteiger partial charge in [-0.1, -0.05) is 13.3 Å². The van der Waals surface area contributed by atoms with Gasteiger partial charge in [0.25, 0.3) is 0 Å². The number of aliphatic carboxylic acids is 1. The van der Waals surface area contributed by atoms with Crippen LogP contribution in [0.15, 0.2) is 36.7 Å². The summed E-state index contributed by atoms with van der Waals surface area (Å²) in [5.41, 5.74) is 1.50. The number of hydrogen-bond donors (Lipinski definition) is 1. The normalized spacial score (nSPS) is 21.6. The first-order valence-electron chi connectivity index (χ1n) is 14.8. The fourth-order valence-electron chi connectivity index (χ4n) is 6.47. The van der Waals surface area contributed by atoms with Crippen molar-refractivity contribution in [2.24, 2.45) is 5.92 Å². The Morgan fingerprint density at radius 2 is 2.10 bits per heavy atom. The van der Waals surface area contributed by atoms with Crippen molar-refractivity contribution in [2.45, 2.75) is 57.4 Å². The Labute approximate surface area is 246 Å². The number of ether oxygens (including phenoxy) is 3. The van der Waals surface area contributed by atoms with E-state index in [9.17, 15) is 19.5 Å². The maximum atomic E-state index is 13.9. The van der Waals surface area contributed by atoms with Crippen LogP contribution >= 0.6 is 0 Å². The molecule has 3 aliphatic heterocycles. The Bertz CT molecular complexity index is 1270. The monoisotopic (exact) mass is 580 g/mol. The van der Waals surface area contributed by atoms with Crippen LogP contribution in [-0.4, -0.2) is 90.3 Å². The lowest BCUT2D eigenvalue weighted by molar-refractivity contribution is -0.143. The minimum atomic E-state index is -0.913. The van der Waals surface area contributed by atoms with Crippen LogP contribution in [-0.2, 0) is 14.4 Å². The number of pyridine rings is 1. The van der Waals surface area contributed by atoms with Crippen LogP contribution in [0.25, 0.3) is 0 Å². The molecule has 2 aromatic rings. The van der Waals surface area contributed by atoms with Gasteiger partial charge in [0.1, 0.15) is 0 Å². The van der Waals surface area contributed by atoms with Crippen molar-refractivity contribution >= 4 is 23.5 Å². The molecule has 2 saturated heterocycles. The lowest BCUT2D eigenvalue weighted by Gasteiger charge is -2.30. The minimum Gasteiger partial charge on any atom is -0.493 e. The van der Waals surface area contributed by atoms with E-state index in [1.165, 1.54) is 0 Å². The van der Waals surface area contributed by atoms with E-state index >= 15 is 0 Å². The summed E-state index contributed by atoms with van der Waals surface area (Å²) >= 11 is 0. The second-order valence-electron chi connectivity index (χ2n) is 11.2. The quantitative estimate of drug-likeness (QED) is 0.379. The summed E-state index contributed by atoms with van der Waals surface area (Å²) in [6.07, 6.45) is 7.76. The number of rotatable bonds is 13. The van der Waals surface area contributed by atoms with Crippen molar-refractivity contribution < 1.29 is 33.7 Å². The standard InChI is InChI=1S/C31H40N4O7/c1-3-4-14-35(22-8-5-11-32-17-22)28(37)19-34-18-23(21-15-25(40-2)30-26(16-21)41-20-42-30)29(31(38)39)24(34)9-6-12-33-13-7-10-27(33)36/h5,8,11,15-17,23-24,29H,3-4,6-7,9-10,12-14,18-20H2,1-2H3,(H,38,39). The summed E-state index contributed by atoms with van der Waals surface area (Å²) < 4.78 is 16.7. The third-order valence-electron chi connectivity index (χ3n) is 8.57. The first-order valence-corrected chi connectivity index (χ1v) is 14.8. The number of fused-ring (bicyclic) bond motifs is 1. The summed E-state index contributed by atoms with van der Waals surface area (Å²) in [5.74, 6) is -0.503. The molecule has 1 N–H and O–H groups in total. The highest BCUT2D eigenvalue weighted by Gasteiger charge is 2.47. The van der Waals surface area contributed by atoms with E-state index < -0.39 is 23.8 Å². The largest absolute Gasteiger partial charge is 0.493 e. The number of amides is 2. The highest BCUT2D eigenvalue weighted by Crippen LogP contribution is 2.47. The van der Waals surface area contributed by atoms with Gasteiger partial charge in [0.2, 0.25) is 24.4 Å². The number of carboxylic acids is 1. The number of methoxy groups -OCH3 is 1. The summed E-state index contributed by atoms with van der Waals surface area (Å²) in [5, 5.41) is 10.6. The molecule has 3 aliphatic rings. The number of likely N-dealkylation sites (tertiary alicyclic amines) is 2. The fourth-order valence-corrected chi connectivity index (χ4v) is 6.47. The number of carbonyl (C=O) groups excluding carboxylic acids is 2.